The van der Waals surface area contributed by atoms with Crippen LogP contribution in [-0.2, 0) is 6.54 Å². The first-order chi connectivity index (χ1) is 12.9. The largest absolute Gasteiger partial charge is 0.309 e. The minimum Gasteiger partial charge on any atom is -0.309 e. The minimum atomic E-state index is 0.942. The van der Waals surface area contributed by atoms with Crippen molar-refractivity contribution < 1.29 is 4.57 Å². The van der Waals surface area contributed by atoms with Crippen molar-refractivity contribution in [3.05, 3.63) is 96.7 Å². The van der Waals surface area contributed by atoms with Crippen molar-refractivity contribution in [2.45, 2.75) is 6.54 Å². The lowest BCUT2D eigenvalue weighted by molar-refractivity contribution is -0.672. The first-order valence-electron chi connectivity index (χ1n) is 9.00. The zero-order valence-corrected chi connectivity index (χ0v) is 14.3. The lowest BCUT2D eigenvalue weighted by Crippen LogP contribution is -2.31. The van der Waals surface area contributed by atoms with Crippen LogP contribution in [0.2, 0.25) is 0 Å². The second-order valence-corrected chi connectivity index (χ2v) is 6.93. The third-order valence-corrected chi connectivity index (χ3v) is 5.47. The molecule has 0 unspecified atom stereocenters. The van der Waals surface area contributed by atoms with Crippen LogP contribution in [0.25, 0.3) is 38.8 Å². The van der Waals surface area contributed by atoms with E-state index in [0.29, 0.717) is 0 Å². The molecule has 2 aromatic heterocycles. The maximum atomic E-state index is 2.39. The van der Waals surface area contributed by atoms with Gasteiger partial charge in [-0.1, -0.05) is 36.4 Å². The van der Waals surface area contributed by atoms with Gasteiger partial charge in [0.25, 0.3) is 0 Å². The number of para-hydroxylation sites is 2. The number of aromatic nitrogens is 2. The summed E-state index contributed by atoms with van der Waals surface area (Å²) < 4.78 is 4.72. The molecule has 122 valence electrons. The molecule has 6 rings (SSSR count). The van der Waals surface area contributed by atoms with Gasteiger partial charge in [0.2, 0.25) is 5.69 Å². The highest BCUT2D eigenvalue weighted by Gasteiger charge is 2.27. The SMILES string of the molecule is c1ccc(-n2c3ccccc3c3cc4c(cc32)C[n+]2ccccc2-4)cc1. The molecule has 0 atom stereocenters. The molecule has 1 aliphatic heterocycles. The number of fused-ring (bicyclic) bond motifs is 6. The number of hydrogen-bond donors (Lipinski definition) is 0. The molecule has 0 N–H and O–H groups in total. The monoisotopic (exact) mass is 333 g/mol. The number of nitrogens with zero attached hydrogens (tertiary/aromatic N) is 2. The van der Waals surface area contributed by atoms with Gasteiger partial charge >= 0.3 is 0 Å². The first-order valence-corrected chi connectivity index (χ1v) is 9.00. The van der Waals surface area contributed by atoms with Gasteiger partial charge in [-0.25, -0.2) is 0 Å². The molecule has 0 spiro atoms. The Labute approximate surface area is 151 Å². The normalized spacial score (nSPS) is 12.5. The fourth-order valence-corrected chi connectivity index (χ4v) is 4.33. The molecule has 3 aromatic carbocycles. The van der Waals surface area contributed by atoms with Crippen molar-refractivity contribution in [2.75, 3.05) is 0 Å². The number of hydrogen-bond acceptors (Lipinski definition) is 0. The summed E-state index contributed by atoms with van der Waals surface area (Å²) in [6.45, 7) is 0.942. The van der Waals surface area contributed by atoms with Crippen molar-refractivity contribution >= 4 is 21.8 Å². The third-order valence-electron chi connectivity index (χ3n) is 5.47. The second kappa shape index (κ2) is 5.06. The maximum absolute atomic E-state index is 2.39. The Bertz CT molecular complexity index is 1300. The molecule has 0 aliphatic carbocycles. The molecule has 2 heteroatoms. The summed E-state index contributed by atoms with van der Waals surface area (Å²) in [6.07, 6.45) is 2.17. The Balaban J connectivity index is 1.76. The van der Waals surface area contributed by atoms with Gasteiger partial charge in [0.1, 0.15) is 0 Å². The van der Waals surface area contributed by atoms with Gasteiger partial charge in [-0.3, -0.25) is 0 Å². The summed E-state index contributed by atoms with van der Waals surface area (Å²) in [4.78, 5) is 0. The van der Waals surface area contributed by atoms with E-state index in [1.807, 2.05) is 0 Å². The Morgan fingerprint density at radius 2 is 1.50 bits per heavy atom. The molecule has 3 heterocycles. The Kier molecular flexibility index (Phi) is 2.69. The Hall–Kier alpha value is -3.39. The van der Waals surface area contributed by atoms with E-state index >= 15 is 0 Å². The Morgan fingerprint density at radius 3 is 2.42 bits per heavy atom. The standard InChI is InChI=1S/C24H17N2/c1-2-8-18(9-3-1)26-23-12-5-4-10-19(23)21-15-20-17(14-24(21)26)16-25-13-7-6-11-22(20)25/h1-15H,16H2/q+1. The second-order valence-electron chi connectivity index (χ2n) is 6.93. The molecule has 0 radical (unpaired) electrons. The van der Waals surface area contributed by atoms with E-state index in [4.69, 9.17) is 0 Å². The summed E-state index contributed by atoms with van der Waals surface area (Å²) in [5.74, 6) is 0. The number of pyridine rings is 1. The van der Waals surface area contributed by atoms with Crippen LogP contribution in [0, 0.1) is 0 Å². The van der Waals surface area contributed by atoms with E-state index in [1.165, 1.54) is 44.3 Å². The predicted molar refractivity (Wildman–Crippen MR) is 106 cm³/mol. The maximum Gasteiger partial charge on any atom is 0.213 e. The fourth-order valence-electron chi connectivity index (χ4n) is 4.33. The third kappa shape index (κ3) is 1.79. The van der Waals surface area contributed by atoms with Gasteiger partial charge in [0.05, 0.1) is 16.6 Å². The molecule has 26 heavy (non-hydrogen) atoms. The summed E-state index contributed by atoms with van der Waals surface area (Å²) in [5.41, 5.74) is 7.81. The summed E-state index contributed by atoms with van der Waals surface area (Å²) in [5, 5.41) is 2.63. The summed E-state index contributed by atoms with van der Waals surface area (Å²) in [6, 6.07) is 30.6. The fraction of sp³-hybridized carbons (Fsp3) is 0.0417. The zero-order valence-electron chi connectivity index (χ0n) is 14.3. The molecule has 0 saturated heterocycles. The topological polar surface area (TPSA) is 8.81 Å². The summed E-state index contributed by atoms with van der Waals surface area (Å²) in [7, 11) is 0. The van der Waals surface area contributed by atoms with Gasteiger partial charge in [0, 0.05) is 34.2 Å². The molecule has 0 amide bonds. The van der Waals surface area contributed by atoms with Gasteiger partial charge in [-0.2, -0.15) is 4.57 Å². The van der Waals surface area contributed by atoms with E-state index in [9.17, 15) is 0 Å². The van der Waals surface area contributed by atoms with Crippen molar-refractivity contribution in [3.63, 3.8) is 0 Å². The smallest absolute Gasteiger partial charge is 0.213 e. The minimum absolute atomic E-state index is 0.942. The van der Waals surface area contributed by atoms with Gasteiger partial charge in [-0.05, 0) is 36.4 Å². The average molecular weight is 333 g/mol. The van der Waals surface area contributed by atoms with E-state index in [2.05, 4.69) is 100 Å². The van der Waals surface area contributed by atoms with Crippen LogP contribution in [0.1, 0.15) is 5.56 Å². The van der Waals surface area contributed by atoms with Crippen LogP contribution in [0.15, 0.2) is 91.1 Å². The highest BCUT2D eigenvalue weighted by molar-refractivity contribution is 6.10. The van der Waals surface area contributed by atoms with Crippen molar-refractivity contribution in [1.82, 2.24) is 4.57 Å². The van der Waals surface area contributed by atoms with E-state index in [-0.39, 0.29) is 0 Å². The number of rotatable bonds is 1. The van der Waals surface area contributed by atoms with Crippen molar-refractivity contribution in [1.29, 1.82) is 0 Å². The average Bonchev–Trinajstić information content (AvgIpc) is 3.22. The zero-order chi connectivity index (χ0) is 17.1. The van der Waals surface area contributed by atoms with Crippen LogP contribution in [0.4, 0.5) is 0 Å². The van der Waals surface area contributed by atoms with Crippen LogP contribution in [-0.4, -0.2) is 4.57 Å². The van der Waals surface area contributed by atoms with Crippen LogP contribution in [0.3, 0.4) is 0 Å². The lowest BCUT2D eigenvalue weighted by Gasteiger charge is -2.07. The molecule has 0 saturated carbocycles. The lowest BCUT2D eigenvalue weighted by atomic mass is 10.0. The Morgan fingerprint density at radius 1 is 0.692 bits per heavy atom. The number of benzene rings is 3. The molecular formula is C24H17N2+. The quantitative estimate of drug-likeness (QED) is 0.370. The predicted octanol–water partition coefficient (Wildman–Crippen LogP) is 5.10. The van der Waals surface area contributed by atoms with Gasteiger partial charge < -0.3 is 4.57 Å². The highest BCUT2D eigenvalue weighted by Crippen LogP contribution is 2.37. The molecule has 5 aromatic rings. The van der Waals surface area contributed by atoms with E-state index in [1.54, 1.807) is 0 Å². The van der Waals surface area contributed by atoms with Gasteiger partial charge in [0.15, 0.2) is 12.7 Å². The van der Waals surface area contributed by atoms with Crippen molar-refractivity contribution in [3.8, 4) is 16.9 Å². The molecular weight excluding hydrogens is 316 g/mol. The highest BCUT2D eigenvalue weighted by atomic mass is 15.0. The van der Waals surface area contributed by atoms with Crippen LogP contribution in [0.5, 0.6) is 0 Å². The van der Waals surface area contributed by atoms with Crippen LogP contribution < -0.4 is 4.57 Å². The molecule has 0 fully saturated rings. The van der Waals surface area contributed by atoms with Gasteiger partial charge in [-0.15, -0.1) is 0 Å². The van der Waals surface area contributed by atoms with E-state index in [0.717, 1.165) is 6.54 Å². The van der Waals surface area contributed by atoms with Crippen LogP contribution >= 0.6 is 0 Å². The molecule has 2 nitrogen and oxygen atoms in total. The van der Waals surface area contributed by atoms with Crippen molar-refractivity contribution in [2.24, 2.45) is 0 Å². The summed E-state index contributed by atoms with van der Waals surface area (Å²) >= 11 is 0. The first kappa shape index (κ1) is 13.9. The molecule has 1 aliphatic rings. The van der Waals surface area contributed by atoms with E-state index < -0.39 is 0 Å². The molecule has 0 bridgehead atoms.